The Morgan fingerprint density at radius 2 is 1.32 bits per heavy atom. The van der Waals surface area contributed by atoms with Crippen LogP contribution in [0.25, 0.3) is 27.6 Å². The molecule has 3 heterocycles. The molecule has 5 aromatic carbocycles. The van der Waals surface area contributed by atoms with Gasteiger partial charge in [0, 0.05) is 47.3 Å². The molecule has 0 amide bonds. The molecule has 4 saturated carbocycles. The zero-order chi connectivity index (χ0) is 37.8. The number of anilines is 3. The zero-order valence-corrected chi connectivity index (χ0v) is 33.0. The van der Waals surface area contributed by atoms with Gasteiger partial charge in [-0.1, -0.05) is 81.4 Å². The molecule has 0 unspecified atom stereocenters. The molecular weight excluding hydrogens is 685 g/mol. The highest BCUT2D eigenvalue weighted by molar-refractivity contribution is 6.09. The third-order valence-electron chi connectivity index (χ3n) is 14.0. The number of nitrogens with zero attached hydrogens (tertiary/aromatic N) is 4. The number of fused-ring (bicyclic) bond motifs is 4. The summed E-state index contributed by atoms with van der Waals surface area (Å²) in [6.45, 7) is 7.61. The summed E-state index contributed by atoms with van der Waals surface area (Å²) >= 11 is 0. The van der Waals surface area contributed by atoms with Gasteiger partial charge in [-0.15, -0.1) is 0 Å². The summed E-state index contributed by atoms with van der Waals surface area (Å²) in [6.07, 6.45) is 8.89. The van der Waals surface area contributed by atoms with E-state index in [1.807, 2.05) is 0 Å². The average Bonchev–Trinajstić information content (AvgIpc) is 3.72. The first-order chi connectivity index (χ1) is 27.2. The fourth-order valence-corrected chi connectivity index (χ4v) is 11.8. The van der Waals surface area contributed by atoms with Crippen molar-refractivity contribution in [1.82, 2.24) is 9.55 Å². The summed E-state index contributed by atoms with van der Waals surface area (Å²) in [5, 5.41) is 2.43. The van der Waals surface area contributed by atoms with Crippen LogP contribution in [0.1, 0.15) is 69.6 Å². The number of benzene rings is 5. The van der Waals surface area contributed by atoms with Gasteiger partial charge in [0.1, 0.15) is 17.3 Å². The minimum absolute atomic E-state index is 0.0137. The average molecular weight is 735 g/mol. The number of pyridine rings is 1. The molecule has 5 aliphatic rings. The Morgan fingerprint density at radius 1 is 0.625 bits per heavy atom. The van der Waals surface area contributed by atoms with Gasteiger partial charge in [-0.3, -0.25) is 4.57 Å². The molecule has 0 spiro atoms. The maximum atomic E-state index is 6.91. The molecule has 4 fully saturated rings. The Labute approximate surface area is 330 Å². The van der Waals surface area contributed by atoms with E-state index in [-0.39, 0.29) is 10.8 Å². The molecule has 7 aromatic rings. The van der Waals surface area contributed by atoms with Crippen LogP contribution in [-0.4, -0.2) is 23.3 Å². The topological polar surface area (TPSA) is 33.5 Å². The Bertz CT molecular complexity index is 2610. The fourth-order valence-electron chi connectivity index (χ4n) is 11.8. The summed E-state index contributed by atoms with van der Waals surface area (Å²) in [5.41, 5.74) is 9.99. The summed E-state index contributed by atoms with van der Waals surface area (Å²) < 4.78 is 9.29. The van der Waals surface area contributed by atoms with E-state index in [2.05, 4.69) is 176 Å². The fraction of sp³-hybridized carbons (Fsp3) is 0.314. The predicted octanol–water partition coefficient (Wildman–Crippen LogP) is 12.6. The summed E-state index contributed by atoms with van der Waals surface area (Å²) in [7, 11) is 2.16. The monoisotopic (exact) mass is 734 g/mol. The van der Waals surface area contributed by atoms with E-state index in [9.17, 15) is 0 Å². The number of rotatable bonds is 6. The lowest BCUT2D eigenvalue weighted by atomic mass is 9.42. The third kappa shape index (κ3) is 5.16. The van der Waals surface area contributed by atoms with Crippen molar-refractivity contribution in [3.63, 3.8) is 0 Å². The number of hydrogen-bond donors (Lipinski definition) is 0. The molecule has 4 aliphatic carbocycles. The van der Waals surface area contributed by atoms with E-state index < -0.39 is 0 Å². The second kappa shape index (κ2) is 12.5. The second-order valence-corrected chi connectivity index (χ2v) is 18.3. The van der Waals surface area contributed by atoms with Gasteiger partial charge in [0.05, 0.1) is 29.1 Å². The van der Waals surface area contributed by atoms with Gasteiger partial charge in [-0.2, -0.15) is 0 Å². The number of para-hydroxylation sites is 3. The molecule has 0 radical (unpaired) electrons. The van der Waals surface area contributed by atoms with E-state index >= 15 is 0 Å². The van der Waals surface area contributed by atoms with E-state index in [1.165, 1.54) is 70.9 Å². The second-order valence-electron chi connectivity index (χ2n) is 18.3. The lowest BCUT2D eigenvalue weighted by Gasteiger charge is -2.62. The van der Waals surface area contributed by atoms with Crippen molar-refractivity contribution < 1.29 is 4.74 Å². The van der Waals surface area contributed by atoms with Crippen LogP contribution in [0, 0.1) is 23.7 Å². The van der Waals surface area contributed by atoms with Gasteiger partial charge in [0.25, 0.3) is 0 Å². The molecule has 5 heteroatoms. The van der Waals surface area contributed by atoms with Gasteiger partial charge in [0.2, 0.25) is 0 Å². The Morgan fingerprint density at radius 3 is 2.09 bits per heavy atom. The van der Waals surface area contributed by atoms with Crippen molar-refractivity contribution in [2.75, 3.05) is 23.5 Å². The summed E-state index contributed by atoms with van der Waals surface area (Å²) in [5.74, 6) is 5.74. The van der Waals surface area contributed by atoms with E-state index in [0.29, 0.717) is 11.8 Å². The van der Waals surface area contributed by atoms with Crippen LogP contribution in [0.4, 0.5) is 17.1 Å². The van der Waals surface area contributed by atoms with Crippen molar-refractivity contribution in [2.24, 2.45) is 23.7 Å². The quantitative estimate of drug-likeness (QED) is 0.170. The molecule has 4 bridgehead atoms. The highest BCUT2D eigenvalue weighted by Crippen LogP contribution is 2.65. The molecular formula is C51H50N4O. The van der Waals surface area contributed by atoms with Crippen molar-refractivity contribution in [1.29, 1.82) is 0 Å². The normalized spacial score (nSPS) is 24.0. The molecule has 1 aliphatic heterocycles. The molecule has 5 nitrogen and oxygen atoms in total. The SMILES string of the molecule is CN1CN(c2cc(Oc3ccc4c5ccccc5n(-c5cc(C6(c7ccccc7)C7CC8CC(C7)CC6C8)ccn5)c4c3)cc(C(C)(C)C)c2)c2ccccc21. The van der Waals surface area contributed by atoms with Gasteiger partial charge in [0.15, 0.2) is 0 Å². The molecule has 12 rings (SSSR count). The van der Waals surface area contributed by atoms with Crippen molar-refractivity contribution in [3.05, 3.63) is 150 Å². The molecule has 280 valence electrons. The highest BCUT2D eigenvalue weighted by Gasteiger charge is 2.58. The van der Waals surface area contributed by atoms with Crippen LogP contribution < -0.4 is 14.5 Å². The molecule has 0 saturated heterocycles. The van der Waals surface area contributed by atoms with Gasteiger partial charge in [-0.05, 0) is 132 Å². The molecule has 56 heavy (non-hydrogen) atoms. The van der Waals surface area contributed by atoms with Crippen LogP contribution >= 0.6 is 0 Å². The summed E-state index contributed by atoms with van der Waals surface area (Å²) in [4.78, 5) is 9.86. The lowest BCUT2D eigenvalue weighted by Crippen LogP contribution is -2.56. The van der Waals surface area contributed by atoms with Gasteiger partial charge < -0.3 is 14.5 Å². The van der Waals surface area contributed by atoms with Crippen LogP contribution in [0.15, 0.2) is 134 Å². The minimum atomic E-state index is -0.0549. The Kier molecular flexibility index (Phi) is 7.52. The number of hydrogen-bond acceptors (Lipinski definition) is 4. The van der Waals surface area contributed by atoms with Crippen molar-refractivity contribution in [3.8, 4) is 17.3 Å². The Hall–Kier alpha value is -5.55. The van der Waals surface area contributed by atoms with E-state index in [4.69, 9.17) is 9.72 Å². The van der Waals surface area contributed by atoms with Gasteiger partial charge >= 0.3 is 0 Å². The first-order valence-electron chi connectivity index (χ1n) is 20.7. The highest BCUT2D eigenvalue weighted by atomic mass is 16.5. The lowest BCUT2D eigenvalue weighted by molar-refractivity contribution is -0.0418. The van der Waals surface area contributed by atoms with Crippen LogP contribution in [-0.2, 0) is 10.8 Å². The molecule has 2 aromatic heterocycles. The summed E-state index contributed by atoms with van der Waals surface area (Å²) in [6, 6.07) is 47.0. The van der Waals surface area contributed by atoms with Crippen molar-refractivity contribution >= 4 is 38.9 Å². The first kappa shape index (κ1) is 33.8. The van der Waals surface area contributed by atoms with Crippen LogP contribution in [0.5, 0.6) is 11.5 Å². The number of ether oxygens (including phenoxy) is 1. The largest absolute Gasteiger partial charge is 0.457 e. The third-order valence-corrected chi connectivity index (χ3v) is 14.0. The molecule has 0 atom stereocenters. The maximum absolute atomic E-state index is 6.91. The smallest absolute Gasteiger partial charge is 0.137 e. The first-order valence-corrected chi connectivity index (χ1v) is 20.7. The van der Waals surface area contributed by atoms with E-state index in [0.717, 1.165) is 52.5 Å². The van der Waals surface area contributed by atoms with Crippen LogP contribution in [0.3, 0.4) is 0 Å². The molecule has 0 N–H and O–H groups in total. The predicted molar refractivity (Wildman–Crippen MR) is 230 cm³/mol. The zero-order valence-electron chi connectivity index (χ0n) is 33.0. The van der Waals surface area contributed by atoms with E-state index in [1.54, 1.807) is 0 Å². The maximum Gasteiger partial charge on any atom is 0.137 e. The standard InChI is InChI=1S/C51H50N4O/c1-50(2,3)37-27-40(54-32-53(4)46-16-10-11-17-47(46)54)30-42(28-37)56-41-18-19-44-43-14-8-9-15-45(43)55(48(44)31-41)49-29-36(20-21-52-49)51(35-12-6-5-7-13-35)38-23-33-22-34(25-38)26-39(51)24-33/h5-21,27-31,33-34,38-39H,22-26,32H2,1-4H3. The van der Waals surface area contributed by atoms with Crippen molar-refractivity contribution in [2.45, 2.75) is 63.7 Å². The van der Waals surface area contributed by atoms with Crippen LogP contribution in [0.2, 0.25) is 0 Å². The Balaban J connectivity index is 1.03. The minimum Gasteiger partial charge on any atom is -0.457 e. The number of aromatic nitrogens is 2. The van der Waals surface area contributed by atoms with Gasteiger partial charge in [-0.25, -0.2) is 4.98 Å².